The van der Waals surface area contributed by atoms with E-state index in [4.69, 9.17) is 0 Å². The zero-order valence-corrected chi connectivity index (χ0v) is 5.02. The summed E-state index contributed by atoms with van der Waals surface area (Å²) in [4.78, 5) is 9.83. The summed E-state index contributed by atoms with van der Waals surface area (Å²) in [5.74, 6) is -0.832. The topological polar surface area (TPSA) is 67.8 Å². The summed E-state index contributed by atoms with van der Waals surface area (Å²) in [5, 5.41) is 9.83. The van der Waals surface area contributed by atoms with Gasteiger partial charge in [-0.1, -0.05) is 6.92 Å². The molecule has 0 bridgehead atoms. The fourth-order valence-corrected chi connectivity index (χ4v) is 0.387. The molecule has 3 N–H and O–H groups in total. The van der Waals surface area contributed by atoms with Crippen LogP contribution in [0.3, 0.4) is 0 Å². The molecular formula is C5H11NO2. The van der Waals surface area contributed by atoms with E-state index in [9.17, 15) is 9.90 Å². The minimum Gasteiger partial charge on any atom is -0.550 e. The van der Waals surface area contributed by atoms with Gasteiger partial charge in [-0.15, -0.1) is 0 Å². The number of rotatable bonds is 3. The Morgan fingerprint density at radius 3 is 2.50 bits per heavy atom. The fourth-order valence-electron chi connectivity index (χ4n) is 0.387. The lowest BCUT2D eigenvalue weighted by molar-refractivity contribution is -0.380. The number of carboxylic acid groups (broad SMARTS) is 1. The molecule has 0 amide bonds. The number of quaternary nitrogens is 1. The molecule has 0 fully saturated rings. The molecule has 0 aromatic heterocycles. The van der Waals surface area contributed by atoms with Gasteiger partial charge in [0.05, 0.1) is 6.54 Å². The van der Waals surface area contributed by atoms with Gasteiger partial charge in [0, 0.05) is 11.9 Å². The molecule has 3 nitrogen and oxygen atoms in total. The highest BCUT2D eigenvalue weighted by atomic mass is 16.4. The van der Waals surface area contributed by atoms with Gasteiger partial charge in [0.25, 0.3) is 0 Å². The minimum atomic E-state index is -0.985. The third-order valence-corrected chi connectivity index (χ3v) is 1.01. The first-order chi connectivity index (χ1) is 3.66. The Morgan fingerprint density at radius 2 is 2.38 bits per heavy atom. The van der Waals surface area contributed by atoms with E-state index in [0.717, 1.165) is 0 Å². The van der Waals surface area contributed by atoms with Crippen LogP contribution in [0.15, 0.2) is 0 Å². The maximum absolute atomic E-state index is 9.83. The highest BCUT2D eigenvalue weighted by Gasteiger charge is 1.98. The highest BCUT2D eigenvalue weighted by Crippen LogP contribution is 1.94. The second-order valence-electron chi connectivity index (χ2n) is 1.97. The van der Waals surface area contributed by atoms with E-state index in [1.54, 1.807) is 0 Å². The van der Waals surface area contributed by atoms with Gasteiger partial charge in [-0.3, -0.25) is 0 Å². The predicted octanol–water partition coefficient (Wildman–Crippen LogP) is -2.00. The van der Waals surface area contributed by atoms with Gasteiger partial charge in [-0.05, 0) is 6.42 Å². The molecule has 0 saturated heterocycles. The molecule has 0 aliphatic heterocycles. The Morgan fingerprint density at radius 1 is 1.88 bits per heavy atom. The predicted molar refractivity (Wildman–Crippen MR) is 26.5 cm³/mol. The molecular weight excluding hydrogens is 106 g/mol. The zero-order chi connectivity index (χ0) is 6.57. The summed E-state index contributed by atoms with van der Waals surface area (Å²) in [5.41, 5.74) is 3.55. The van der Waals surface area contributed by atoms with Crippen LogP contribution in [0.2, 0.25) is 0 Å². The van der Waals surface area contributed by atoms with Crippen LogP contribution >= 0.6 is 0 Å². The molecule has 0 saturated carbocycles. The van der Waals surface area contributed by atoms with E-state index in [2.05, 4.69) is 5.73 Å². The van der Waals surface area contributed by atoms with Crippen molar-refractivity contribution in [2.24, 2.45) is 5.92 Å². The first-order valence-corrected chi connectivity index (χ1v) is 2.66. The third-order valence-electron chi connectivity index (χ3n) is 1.01. The second kappa shape index (κ2) is 3.43. The number of carboxylic acids is 1. The normalized spacial score (nSPS) is 13.2. The Kier molecular flexibility index (Phi) is 3.19. The van der Waals surface area contributed by atoms with Crippen molar-refractivity contribution in [1.82, 2.24) is 0 Å². The van der Waals surface area contributed by atoms with Gasteiger partial charge < -0.3 is 15.6 Å². The average molecular weight is 117 g/mol. The number of carbonyl (C=O) groups is 1. The van der Waals surface area contributed by atoms with Gasteiger partial charge >= 0.3 is 0 Å². The van der Waals surface area contributed by atoms with Crippen molar-refractivity contribution in [2.75, 3.05) is 6.54 Å². The van der Waals surface area contributed by atoms with Crippen LogP contribution in [-0.4, -0.2) is 12.5 Å². The standard InChI is InChI=1S/C5H11NO2/c1-4(3-6)2-5(7)8/h4H,2-3,6H2,1H3,(H,7,8)/t4-/m0/s1. The van der Waals surface area contributed by atoms with Gasteiger partial charge in [0.2, 0.25) is 0 Å². The zero-order valence-electron chi connectivity index (χ0n) is 5.02. The maximum atomic E-state index is 9.83. The van der Waals surface area contributed by atoms with Crippen molar-refractivity contribution in [3.8, 4) is 0 Å². The molecule has 3 heteroatoms. The molecule has 0 heterocycles. The van der Waals surface area contributed by atoms with Crippen LogP contribution < -0.4 is 10.8 Å². The molecule has 0 aromatic carbocycles. The van der Waals surface area contributed by atoms with Crippen LogP contribution in [0, 0.1) is 5.92 Å². The van der Waals surface area contributed by atoms with E-state index in [-0.39, 0.29) is 12.3 Å². The lowest BCUT2D eigenvalue weighted by Crippen LogP contribution is -2.53. The SMILES string of the molecule is C[C@H](C[NH3+])CC(=O)[O-]. The fraction of sp³-hybridized carbons (Fsp3) is 0.800. The van der Waals surface area contributed by atoms with Crippen LogP contribution in [0.1, 0.15) is 13.3 Å². The van der Waals surface area contributed by atoms with E-state index >= 15 is 0 Å². The molecule has 0 rings (SSSR count). The minimum absolute atomic E-state index is 0.128. The monoisotopic (exact) mass is 117 g/mol. The van der Waals surface area contributed by atoms with E-state index < -0.39 is 5.97 Å². The Labute approximate surface area is 48.5 Å². The first kappa shape index (κ1) is 7.43. The Balaban J connectivity index is 3.24. The molecule has 8 heavy (non-hydrogen) atoms. The lowest BCUT2D eigenvalue weighted by atomic mass is 10.1. The van der Waals surface area contributed by atoms with Crippen molar-refractivity contribution in [2.45, 2.75) is 13.3 Å². The molecule has 0 aromatic rings. The summed E-state index contributed by atoms with van der Waals surface area (Å²) in [7, 11) is 0. The largest absolute Gasteiger partial charge is 0.550 e. The molecule has 1 atom stereocenters. The molecule has 48 valence electrons. The first-order valence-electron chi connectivity index (χ1n) is 2.66. The van der Waals surface area contributed by atoms with Crippen LogP contribution in [-0.2, 0) is 4.79 Å². The summed E-state index contributed by atoms with van der Waals surface area (Å²) in [6, 6.07) is 0. The number of hydrogen-bond acceptors (Lipinski definition) is 2. The second-order valence-corrected chi connectivity index (χ2v) is 1.97. The lowest BCUT2D eigenvalue weighted by Gasteiger charge is -2.04. The van der Waals surface area contributed by atoms with Gasteiger partial charge in [0.15, 0.2) is 0 Å². The molecule has 0 unspecified atom stereocenters. The highest BCUT2D eigenvalue weighted by molar-refractivity contribution is 5.64. The van der Waals surface area contributed by atoms with Crippen molar-refractivity contribution >= 4 is 5.97 Å². The third kappa shape index (κ3) is 3.61. The quantitative estimate of drug-likeness (QED) is 0.464. The van der Waals surface area contributed by atoms with E-state index in [0.29, 0.717) is 6.54 Å². The van der Waals surface area contributed by atoms with Crippen LogP contribution in [0.25, 0.3) is 0 Å². The average Bonchev–Trinajstić information content (AvgIpc) is 1.65. The molecule has 0 aliphatic carbocycles. The number of carbonyl (C=O) groups excluding carboxylic acids is 1. The number of aliphatic carboxylic acids is 1. The van der Waals surface area contributed by atoms with Crippen molar-refractivity contribution in [3.05, 3.63) is 0 Å². The van der Waals surface area contributed by atoms with E-state index in [1.807, 2.05) is 6.92 Å². The number of hydrogen-bond donors (Lipinski definition) is 1. The van der Waals surface area contributed by atoms with Crippen molar-refractivity contribution in [3.63, 3.8) is 0 Å². The molecule has 0 spiro atoms. The Hall–Kier alpha value is -0.570. The molecule has 0 aliphatic rings. The summed E-state index contributed by atoms with van der Waals surface area (Å²) < 4.78 is 0. The molecule has 0 radical (unpaired) electrons. The summed E-state index contributed by atoms with van der Waals surface area (Å²) in [6.07, 6.45) is 0.128. The summed E-state index contributed by atoms with van der Waals surface area (Å²) in [6.45, 7) is 2.50. The Bertz CT molecular complexity index is 82.5. The van der Waals surface area contributed by atoms with Crippen molar-refractivity contribution < 1.29 is 15.6 Å². The summed E-state index contributed by atoms with van der Waals surface area (Å²) >= 11 is 0. The van der Waals surface area contributed by atoms with Gasteiger partial charge in [-0.2, -0.15) is 0 Å². The van der Waals surface area contributed by atoms with Crippen LogP contribution in [0.4, 0.5) is 0 Å². The van der Waals surface area contributed by atoms with Gasteiger partial charge in [-0.25, -0.2) is 0 Å². The van der Waals surface area contributed by atoms with E-state index in [1.165, 1.54) is 0 Å². The maximum Gasteiger partial charge on any atom is 0.0769 e. The van der Waals surface area contributed by atoms with Crippen LogP contribution in [0.5, 0.6) is 0 Å². The van der Waals surface area contributed by atoms with Crippen molar-refractivity contribution in [1.29, 1.82) is 0 Å². The smallest absolute Gasteiger partial charge is 0.0769 e. The van der Waals surface area contributed by atoms with Gasteiger partial charge in [0.1, 0.15) is 0 Å².